The van der Waals surface area contributed by atoms with Crippen molar-refractivity contribution in [3.05, 3.63) is 51.5 Å². The largest absolute Gasteiger partial charge is 0.483 e. The van der Waals surface area contributed by atoms with Gasteiger partial charge in [-0.25, -0.2) is 0 Å². The SMILES string of the molecule is FC(F)(F)C12CC(Oc3cc(Cl)ccc3Oc3ccc(Cl)cc3Cl)(C1)C2. The van der Waals surface area contributed by atoms with E-state index >= 15 is 0 Å². The van der Waals surface area contributed by atoms with Gasteiger partial charge in [0, 0.05) is 35.4 Å². The quantitative estimate of drug-likeness (QED) is 0.513. The lowest BCUT2D eigenvalue weighted by molar-refractivity contribution is -0.373. The molecule has 2 bridgehead atoms. The molecule has 0 saturated heterocycles. The Kier molecular flexibility index (Phi) is 4.07. The van der Waals surface area contributed by atoms with Gasteiger partial charge in [0.05, 0.1) is 10.4 Å². The fourth-order valence-corrected chi connectivity index (χ4v) is 4.27. The van der Waals surface area contributed by atoms with Crippen LogP contribution in [0.4, 0.5) is 13.2 Å². The lowest BCUT2D eigenvalue weighted by Gasteiger charge is -2.68. The highest BCUT2D eigenvalue weighted by atomic mass is 35.5. The number of hydrogen-bond acceptors (Lipinski definition) is 2. The lowest BCUT2D eigenvalue weighted by Crippen LogP contribution is -2.75. The predicted molar refractivity (Wildman–Crippen MR) is 93.7 cm³/mol. The lowest BCUT2D eigenvalue weighted by atomic mass is 9.40. The summed E-state index contributed by atoms with van der Waals surface area (Å²) in [6, 6.07) is 9.47. The Morgan fingerprint density at radius 2 is 1.38 bits per heavy atom. The Hall–Kier alpha value is -1.30. The Balaban J connectivity index is 1.55. The highest BCUT2D eigenvalue weighted by Gasteiger charge is 2.80. The Bertz CT molecular complexity index is 863. The number of hydrogen-bond donors (Lipinski definition) is 0. The second kappa shape index (κ2) is 5.85. The molecule has 0 atom stereocenters. The molecule has 5 rings (SSSR count). The van der Waals surface area contributed by atoms with Crippen molar-refractivity contribution < 1.29 is 22.6 Å². The van der Waals surface area contributed by atoms with E-state index in [4.69, 9.17) is 44.3 Å². The maximum atomic E-state index is 13.0. The smallest absolute Gasteiger partial charge is 0.394 e. The van der Waals surface area contributed by atoms with Crippen molar-refractivity contribution in [1.82, 2.24) is 0 Å². The highest BCUT2D eigenvalue weighted by molar-refractivity contribution is 6.35. The molecule has 2 aromatic carbocycles. The molecule has 0 heterocycles. The molecule has 0 N–H and O–H groups in total. The van der Waals surface area contributed by atoms with Crippen molar-refractivity contribution in [2.75, 3.05) is 0 Å². The fraction of sp³-hybridized carbons (Fsp3) is 0.333. The van der Waals surface area contributed by atoms with E-state index in [-0.39, 0.29) is 19.3 Å². The van der Waals surface area contributed by atoms with Crippen LogP contribution in [0, 0.1) is 5.41 Å². The zero-order valence-corrected chi connectivity index (χ0v) is 15.4. The number of ether oxygens (including phenoxy) is 2. The summed E-state index contributed by atoms with van der Waals surface area (Å²) in [5.41, 5.74) is -2.39. The van der Waals surface area contributed by atoms with Gasteiger partial charge in [-0.05, 0) is 30.3 Å². The molecule has 3 aliphatic carbocycles. The van der Waals surface area contributed by atoms with Crippen LogP contribution in [0.1, 0.15) is 19.3 Å². The molecule has 3 fully saturated rings. The number of benzene rings is 2. The minimum atomic E-state index is -4.19. The molecular weight excluding hydrogens is 412 g/mol. The van der Waals surface area contributed by atoms with Gasteiger partial charge in [-0.3, -0.25) is 0 Å². The van der Waals surface area contributed by atoms with E-state index in [1.165, 1.54) is 12.1 Å². The van der Waals surface area contributed by atoms with Gasteiger partial charge in [-0.2, -0.15) is 13.2 Å². The first kappa shape index (κ1) is 18.1. The second-order valence-corrected chi connectivity index (χ2v) is 8.14. The molecule has 8 heteroatoms. The van der Waals surface area contributed by atoms with Crippen molar-refractivity contribution in [3.8, 4) is 17.2 Å². The Morgan fingerprint density at radius 3 is 1.96 bits per heavy atom. The third-order valence-corrected chi connectivity index (χ3v) is 5.69. The summed E-state index contributed by atoms with van der Waals surface area (Å²) in [7, 11) is 0. The van der Waals surface area contributed by atoms with Gasteiger partial charge in [0.2, 0.25) is 0 Å². The van der Waals surface area contributed by atoms with E-state index in [0.717, 1.165) is 0 Å². The normalized spacial score (nSPS) is 26.7. The van der Waals surface area contributed by atoms with Crippen molar-refractivity contribution in [3.63, 3.8) is 0 Å². The van der Waals surface area contributed by atoms with Crippen molar-refractivity contribution >= 4 is 34.8 Å². The van der Waals surface area contributed by atoms with Gasteiger partial charge in [0.1, 0.15) is 11.4 Å². The van der Waals surface area contributed by atoms with Crippen LogP contribution >= 0.6 is 34.8 Å². The predicted octanol–water partition coefficient (Wildman–Crippen LogP) is 7.30. The van der Waals surface area contributed by atoms with E-state index in [0.29, 0.717) is 32.3 Å². The average molecular weight is 424 g/mol. The summed E-state index contributed by atoms with van der Waals surface area (Å²) in [5.74, 6) is 0.969. The molecule has 2 nitrogen and oxygen atoms in total. The van der Waals surface area contributed by atoms with Gasteiger partial charge in [0.25, 0.3) is 0 Å². The molecule has 0 amide bonds. The second-order valence-electron chi connectivity index (χ2n) is 6.86. The zero-order chi connectivity index (χ0) is 18.7. The maximum absolute atomic E-state index is 13.0. The monoisotopic (exact) mass is 422 g/mol. The topological polar surface area (TPSA) is 18.5 Å². The number of rotatable bonds is 4. The van der Waals surface area contributed by atoms with Crippen LogP contribution in [-0.2, 0) is 0 Å². The van der Waals surface area contributed by atoms with Crippen LogP contribution < -0.4 is 9.47 Å². The molecular formula is C18H12Cl3F3O2. The maximum Gasteiger partial charge on any atom is 0.394 e. The first-order chi connectivity index (χ1) is 12.1. The van der Waals surface area contributed by atoms with Crippen LogP contribution in [0.2, 0.25) is 15.1 Å². The third kappa shape index (κ3) is 2.90. The summed E-state index contributed by atoms with van der Waals surface area (Å²) >= 11 is 18.0. The molecule has 0 spiro atoms. The molecule has 0 aliphatic heterocycles. The van der Waals surface area contributed by atoms with Crippen molar-refractivity contribution in [1.29, 1.82) is 0 Å². The van der Waals surface area contributed by atoms with Crippen LogP contribution in [0.25, 0.3) is 0 Å². The first-order valence-corrected chi connectivity index (χ1v) is 8.93. The molecule has 0 radical (unpaired) electrons. The Labute approximate surface area is 162 Å². The zero-order valence-electron chi connectivity index (χ0n) is 13.2. The standard InChI is InChI=1S/C18H12Cl3F3O2/c19-10-1-3-13(12(21)5-10)25-14-4-2-11(20)6-15(14)26-17-7-16(8-17,9-17)18(22,23)24/h1-6H,7-9H2. The van der Waals surface area contributed by atoms with Gasteiger partial charge in [-0.15, -0.1) is 0 Å². The van der Waals surface area contributed by atoms with E-state index < -0.39 is 17.2 Å². The number of halogens is 6. The van der Waals surface area contributed by atoms with Crippen LogP contribution in [-0.4, -0.2) is 11.8 Å². The van der Waals surface area contributed by atoms with E-state index in [9.17, 15) is 13.2 Å². The molecule has 0 aromatic heterocycles. The molecule has 26 heavy (non-hydrogen) atoms. The molecule has 2 aromatic rings. The van der Waals surface area contributed by atoms with Gasteiger partial charge < -0.3 is 9.47 Å². The Morgan fingerprint density at radius 1 is 0.808 bits per heavy atom. The van der Waals surface area contributed by atoms with E-state index in [1.54, 1.807) is 24.3 Å². The highest BCUT2D eigenvalue weighted by Crippen LogP contribution is 2.74. The summed E-state index contributed by atoms with van der Waals surface area (Å²) in [6.45, 7) is 0. The first-order valence-electron chi connectivity index (χ1n) is 7.80. The van der Waals surface area contributed by atoms with Gasteiger partial charge >= 0.3 is 6.18 Å². The summed E-state index contributed by atoms with van der Waals surface area (Å²) in [6.07, 6.45) is -4.33. The molecule has 0 unspecified atom stereocenters. The van der Waals surface area contributed by atoms with Crippen LogP contribution in [0.15, 0.2) is 36.4 Å². The summed E-state index contributed by atoms with van der Waals surface area (Å²) < 4.78 is 50.7. The third-order valence-electron chi connectivity index (χ3n) is 4.93. The van der Waals surface area contributed by atoms with Crippen LogP contribution in [0.3, 0.4) is 0 Å². The number of alkyl halides is 3. The van der Waals surface area contributed by atoms with E-state index in [2.05, 4.69) is 0 Å². The van der Waals surface area contributed by atoms with Crippen LogP contribution in [0.5, 0.6) is 17.2 Å². The minimum absolute atomic E-state index is 0.0445. The average Bonchev–Trinajstić information content (AvgIpc) is 2.45. The van der Waals surface area contributed by atoms with Gasteiger partial charge in [0.15, 0.2) is 11.5 Å². The summed E-state index contributed by atoms with van der Waals surface area (Å²) in [4.78, 5) is 0. The van der Waals surface area contributed by atoms with Crippen molar-refractivity contribution in [2.45, 2.75) is 31.0 Å². The van der Waals surface area contributed by atoms with Crippen molar-refractivity contribution in [2.24, 2.45) is 5.41 Å². The summed E-state index contributed by atoms with van der Waals surface area (Å²) in [5, 5.41) is 1.16. The molecule has 138 valence electrons. The van der Waals surface area contributed by atoms with Gasteiger partial charge in [-0.1, -0.05) is 34.8 Å². The molecule has 3 aliphatic rings. The van der Waals surface area contributed by atoms with E-state index in [1.807, 2.05) is 0 Å². The minimum Gasteiger partial charge on any atom is -0.483 e. The molecule has 3 saturated carbocycles. The fourth-order valence-electron chi connectivity index (χ4n) is 3.66.